The van der Waals surface area contributed by atoms with Gasteiger partial charge in [-0.1, -0.05) is 29.0 Å². The molecule has 4 rings (SSSR count). The van der Waals surface area contributed by atoms with Crippen molar-refractivity contribution < 1.29 is 48.6 Å². The summed E-state index contributed by atoms with van der Waals surface area (Å²) in [5.41, 5.74) is -0.453. The molecule has 2 aliphatic heterocycles. The van der Waals surface area contributed by atoms with E-state index in [-0.39, 0.29) is 16.3 Å². The maximum Gasteiger partial charge on any atom is 0.343 e. The predicted octanol–water partition coefficient (Wildman–Crippen LogP) is -0.298. The molecule has 0 radical (unpaired) electrons. The molecule has 0 bridgehead atoms. The van der Waals surface area contributed by atoms with E-state index < -0.39 is 64.8 Å². The maximum atomic E-state index is 13.2. The summed E-state index contributed by atoms with van der Waals surface area (Å²) in [6.07, 6.45) is -8.28. The summed E-state index contributed by atoms with van der Waals surface area (Å²) >= 11 is 0. The van der Waals surface area contributed by atoms with E-state index in [4.69, 9.17) is 9.47 Å². The summed E-state index contributed by atoms with van der Waals surface area (Å²) in [4.78, 5) is 30.1. The minimum atomic E-state index is -3.73. The molecule has 1 aromatic carbocycles. The standard InChI is InChI=1S/C21H23N3O10S/c1-24-13(19(28)23-12-8-4-5-9-22-12)17(10-6-2-3-7-11(10)35(24,31)32)33-21(30)18-15(26)14(25)16(27)20(29)34-18/h2-9,14-16,18,20,25-27,29,31-32H,1H3,(H,22,23,28). The summed E-state index contributed by atoms with van der Waals surface area (Å²) in [6, 6.07) is 10.5. The van der Waals surface area contributed by atoms with Crippen LogP contribution in [0.3, 0.4) is 0 Å². The average Bonchev–Trinajstić information content (AvgIpc) is 2.84. The lowest BCUT2D eigenvalue weighted by Gasteiger charge is -2.46. The van der Waals surface area contributed by atoms with E-state index in [1.807, 2.05) is 0 Å². The van der Waals surface area contributed by atoms with Crippen molar-refractivity contribution in [2.45, 2.75) is 35.6 Å². The van der Waals surface area contributed by atoms with Crippen LogP contribution < -0.4 is 5.32 Å². The third-order valence-electron chi connectivity index (χ3n) is 5.48. The normalized spacial score (nSPS) is 28.7. The van der Waals surface area contributed by atoms with Crippen molar-refractivity contribution in [2.75, 3.05) is 12.4 Å². The van der Waals surface area contributed by atoms with Gasteiger partial charge in [-0.25, -0.2) is 9.78 Å². The van der Waals surface area contributed by atoms with Crippen LogP contribution >= 0.6 is 10.8 Å². The second-order valence-electron chi connectivity index (χ2n) is 7.70. The third kappa shape index (κ3) is 4.49. The van der Waals surface area contributed by atoms with Crippen LogP contribution in [0.25, 0.3) is 5.76 Å². The molecule has 2 aromatic rings. The molecule has 1 fully saturated rings. The topological polar surface area (TPSA) is 202 Å². The summed E-state index contributed by atoms with van der Waals surface area (Å²) in [5, 5.41) is 42.0. The molecule has 14 heteroatoms. The number of amides is 1. The van der Waals surface area contributed by atoms with E-state index in [0.29, 0.717) is 0 Å². The fraction of sp³-hybridized carbons (Fsp3) is 0.286. The molecule has 35 heavy (non-hydrogen) atoms. The first-order chi connectivity index (χ1) is 16.5. The fourth-order valence-corrected chi connectivity index (χ4v) is 5.05. The summed E-state index contributed by atoms with van der Waals surface area (Å²) < 4.78 is 32.9. The zero-order valence-corrected chi connectivity index (χ0v) is 18.9. The highest BCUT2D eigenvalue weighted by molar-refractivity contribution is 8.22. The quantitative estimate of drug-likeness (QED) is 0.266. The molecule has 1 amide bonds. The van der Waals surface area contributed by atoms with Crippen LogP contribution in [0.15, 0.2) is 59.3 Å². The largest absolute Gasteiger partial charge is 0.421 e. The van der Waals surface area contributed by atoms with Gasteiger partial charge in [0.2, 0.25) is 0 Å². The Morgan fingerprint density at radius 3 is 2.40 bits per heavy atom. The van der Waals surface area contributed by atoms with E-state index in [1.165, 1.54) is 43.6 Å². The molecule has 5 unspecified atom stereocenters. The number of hydrogen-bond donors (Lipinski definition) is 7. The van der Waals surface area contributed by atoms with Crippen molar-refractivity contribution in [1.29, 1.82) is 0 Å². The second kappa shape index (κ2) is 9.52. The molecular formula is C21H23N3O10S. The summed E-state index contributed by atoms with van der Waals surface area (Å²) in [6.45, 7) is 0. The van der Waals surface area contributed by atoms with Crippen molar-refractivity contribution >= 4 is 34.2 Å². The Bertz CT molecular complexity index is 1160. The number of ether oxygens (including phenoxy) is 2. The summed E-state index contributed by atoms with van der Waals surface area (Å²) in [7, 11) is -2.52. The Hall–Kier alpha value is -3.08. The Kier molecular flexibility index (Phi) is 6.81. The highest BCUT2D eigenvalue weighted by Crippen LogP contribution is 2.59. The van der Waals surface area contributed by atoms with E-state index in [2.05, 4.69) is 10.3 Å². The highest BCUT2D eigenvalue weighted by atomic mass is 32.3. The molecule has 13 nitrogen and oxygen atoms in total. The molecule has 0 saturated carbocycles. The van der Waals surface area contributed by atoms with Crippen LogP contribution in [0, 0.1) is 0 Å². The van der Waals surface area contributed by atoms with Gasteiger partial charge in [-0.2, -0.15) is 0 Å². The van der Waals surface area contributed by atoms with E-state index in [9.17, 15) is 39.1 Å². The van der Waals surface area contributed by atoms with Crippen LogP contribution in [-0.4, -0.2) is 88.5 Å². The first-order valence-corrected chi connectivity index (χ1v) is 11.7. The smallest absolute Gasteiger partial charge is 0.343 e. The lowest BCUT2D eigenvalue weighted by molar-refractivity contribution is -0.279. The fourth-order valence-electron chi connectivity index (χ4n) is 3.61. The molecule has 7 N–H and O–H groups in total. The number of benzene rings is 1. The number of nitrogens with zero attached hydrogens (tertiary/aromatic N) is 2. The van der Waals surface area contributed by atoms with Crippen molar-refractivity contribution in [3.63, 3.8) is 0 Å². The summed E-state index contributed by atoms with van der Waals surface area (Å²) in [5.74, 6) is -2.49. The number of anilines is 1. The zero-order valence-electron chi connectivity index (χ0n) is 18.1. The Morgan fingerprint density at radius 1 is 1.03 bits per heavy atom. The highest BCUT2D eigenvalue weighted by Gasteiger charge is 2.48. The van der Waals surface area contributed by atoms with Gasteiger partial charge >= 0.3 is 5.97 Å². The van der Waals surface area contributed by atoms with Crippen LogP contribution in [0.5, 0.6) is 0 Å². The number of nitrogens with one attached hydrogen (secondary N) is 1. The number of aliphatic hydroxyl groups excluding tert-OH is 4. The van der Waals surface area contributed by atoms with Gasteiger partial charge in [-0.3, -0.25) is 18.2 Å². The van der Waals surface area contributed by atoms with Gasteiger partial charge in [0, 0.05) is 18.8 Å². The number of carbonyl (C=O) groups excluding carboxylic acids is 2. The number of aromatic nitrogens is 1. The van der Waals surface area contributed by atoms with Gasteiger partial charge in [0.1, 0.15) is 24.1 Å². The molecule has 3 heterocycles. The van der Waals surface area contributed by atoms with Crippen LogP contribution in [0.4, 0.5) is 5.82 Å². The van der Waals surface area contributed by atoms with Gasteiger partial charge in [0.05, 0.1) is 4.90 Å². The molecule has 1 saturated heterocycles. The number of pyridine rings is 1. The first kappa shape index (κ1) is 25.0. The Morgan fingerprint density at radius 2 is 1.71 bits per heavy atom. The number of rotatable bonds is 4. The van der Waals surface area contributed by atoms with Crippen LogP contribution in [-0.2, 0) is 19.1 Å². The lowest BCUT2D eigenvalue weighted by Crippen LogP contribution is -2.59. The zero-order chi connectivity index (χ0) is 25.5. The second-order valence-corrected chi connectivity index (χ2v) is 9.72. The lowest BCUT2D eigenvalue weighted by atomic mass is 9.99. The molecule has 5 atom stereocenters. The minimum Gasteiger partial charge on any atom is -0.421 e. The number of fused-ring (bicyclic) bond motifs is 1. The van der Waals surface area contributed by atoms with Crippen LogP contribution in [0.2, 0.25) is 0 Å². The number of likely N-dealkylation sites (N-methyl/N-ethyl adjacent to an activating group) is 1. The third-order valence-corrected chi connectivity index (χ3v) is 7.38. The Balaban J connectivity index is 1.77. The number of hydrogen-bond acceptors (Lipinski definition) is 12. The maximum absolute atomic E-state index is 13.2. The number of carbonyl (C=O) groups is 2. The van der Waals surface area contributed by atoms with Gasteiger partial charge < -0.3 is 35.2 Å². The van der Waals surface area contributed by atoms with E-state index in [1.54, 1.807) is 12.1 Å². The SMILES string of the molecule is CN1C(C(=O)Nc2ccccn2)=C(OC(=O)C2OC(O)C(O)C(O)C2O)c2ccccc2S1(O)O. The van der Waals surface area contributed by atoms with E-state index >= 15 is 0 Å². The van der Waals surface area contributed by atoms with Crippen molar-refractivity contribution in [3.05, 3.63) is 59.9 Å². The number of aliphatic hydroxyl groups is 4. The van der Waals surface area contributed by atoms with Crippen molar-refractivity contribution in [1.82, 2.24) is 9.29 Å². The van der Waals surface area contributed by atoms with Gasteiger partial charge in [-0.05, 0) is 24.3 Å². The monoisotopic (exact) mass is 509 g/mol. The molecular weight excluding hydrogens is 486 g/mol. The Labute approximate surface area is 200 Å². The van der Waals surface area contributed by atoms with Crippen molar-refractivity contribution in [3.8, 4) is 0 Å². The van der Waals surface area contributed by atoms with Crippen molar-refractivity contribution in [2.24, 2.45) is 0 Å². The van der Waals surface area contributed by atoms with Gasteiger partial charge in [-0.15, -0.1) is 0 Å². The molecule has 2 aliphatic rings. The molecule has 0 aliphatic carbocycles. The molecule has 1 aromatic heterocycles. The van der Waals surface area contributed by atoms with Gasteiger partial charge in [0.15, 0.2) is 23.9 Å². The van der Waals surface area contributed by atoms with Gasteiger partial charge in [0.25, 0.3) is 5.91 Å². The molecule has 0 spiro atoms. The molecule has 188 valence electrons. The predicted molar refractivity (Wildman–Crippen MR) is 120 cm³/mol. The van der Waals surface area contributed by atoms with Crippen LogP contribution in [0.1, 0.15) is 5.56 Å². The average molecular weight is 509 g/mol. The first-order valence-electron chi connectivity index (χ1n) is 10.2. The van der Waals surface area contributed by atoms with E-state index in [0.717, 1.165) is 4.31 Å². The minimum absolute atomic E-state index is 0.00319. The number of esters is 1.